The molecule has 3 rings (SSSR count). The van der Waals surface area contributed by atoms with Crippen LogP contribution in [0, 0.1) is 10.1 Å². The molecule has 178 valence electrons. The number of hydrogen-bond acceptors (Lipinski definition) is 7. The minimum Gasteiger partial charge on any atom is -0.493 e. The molecule has 1 aliphatic rings. The van der Waals surface area contributed by atoms with Crippen molar-refractivity contribution >= 4 is 27.3 Å². The molecule has 0 unspecified atom stereocenters. The largest absolute Gasteiger partial charge is 0.493 e. The van der Waals surface area contributed by atoms with Gasteiger partial charge in [-0.1, -0.05) is 13.8 Å². The normalized spacial score (nSPS) is 13.2. The molecule has 0 bridgehead atoms. The van der Waals surface area contributed by atoms with E-state index < -0.39 is 26.5 Å². The molecule has 0 radical (unpaired) electrons. The number of carbonyl (C=O) groups is 1. The quantitative estimate of drug-likeness (QED) is 0.402. The van der Waals surface area contributed by atoms with E-state index in [0.29, 0.717) is 30.8 Å². The second-order valence-electron chi connectivity index (χ2n) is 7.30. The standard InChI is InChI=1S/C22H27N3O7S/c1-5-23(6-2)33(29,30)16-8-9-18-15(12-16)10-11-24(18)22(26)17-13-20(31-4)21(32-7-3)14-19(17)25(27)28/h8-9,12-14H,5-7,10-11H2,1-4H3. The molecule has 0 saturated heterocycles. The Morgan fingerprint density at radius 3 is 2.42 bits per heavy atom. The van der Waals surface area contributed by atoms with Crippen LogP contribution in [0.1, 0.15) is 36.7 Å². The second-order valence-corrected chi connectivity index (χ2v) is 9.23. The number of hydrogen-bond donors (Lipinski definition) is 0. The summed E-state index contributed by atoms with van der Waals surface area (Å²) in [6, 6.07) is 7.11. The van der Waals surface area contributed by atoms with E-state index in [9.17, 15) is 23.3 Å². The highest BCUT2D eigenvalue weighted by Crippen LogP contribution is 2.38. The summed E-state index contributed by atoms with van der Waals surface area (Å²) >= 11 is 0. The van der Waals surface area contributed by atoms with E-state index in [-0.39, 0.29) is 35.1 Å². The lowest BCUT2D eigenvalue weighted by Crippen LogP contribution is -2.31. The van der Waals surface area contributed by atoms with Gasteiger partial charge in [0.05, 0.1) is 29.6 Å². The van der Waals surface area contributed by atoms with Crippen LogP contribution in [0.2, 0.25) is 0 Å². The number of amides is 1. The maximum absolute atomic E-state index is 13.4. The molecular formula is C22H27N3O7S. The van der Waals surface area contributed by atoms with Gasteiger partial charge < -0.3 is 14.4 Å². The molecule has 1 heterocycles. The summed E-state index contributed by atoms with van der Waals surface area (Å²) in [5, 5.41) is 11.7. The molecule has 11 heteroatoms. The number of methoxy groups -OCH3 is 1. The molecule has 1 amide bonds. The van der Waals surface area contributed by atoms with Crippen molar-refractivity contribution in [1.82, 2.24) is 4.31 Å². The summed E-state index contributed by atoms with van der Waals surface area (Å²) < 4.78 is 37.7. The number of nitro groups is 1. The summed E-state index contributed by atoms with van der Waals surface area (Å²) in [5.41, 5.74) is 0.698. The van der Waals surface area contributed by atoms with Crippen molar-refractivity contribution in [1.29, 1.82) is 0 Å². The first-order chi connectivity index (χ1) is 15.7. The van der Waals surface area contributed by atoms with E-state index in [2.05, 4.69) is 0 Å². The van der Waals surface area contributed by atoms with Crippen molar-refractivity contribution in [3.63, 3.8) is 0 Å². The van der Waals surface area contributed by atoms with Gasteiger partial charge in [-0.25, -0.2) is 8.42 Å². The molecule has 0 fully saturated rings. The predicted molar refractivity (Wildman–Crippen MR) is 123 cm³/mol. The van der Waals surface area contributed by atoms with Crippen LogP contribution in [0.25, 0.3) is 0 Å². The first-order valence-corrected chi connectivity index (χ1v) is 12.1. The van der Waals surface area contributed by atoms with Crippen LogP contribution in [-0.4, -0.2) is 56.9 Å². The minimum absolute atomic E-state index is 0.131. The van der Waals surface area contributed by atoms with Crippen molar-refractivity contribution in [2.45, 2.75) is 32.1 Å². The Labute approximate surface area is 192 Å². The number of benzene rings is 2. The number of nitrogens with zero attached hydrogens (tertiary/aromatic N) is 3. The lowest BCUT2D eigenvalue weighted by Gasteiger charge is -2.20. The SMILES string of the molecule is CCOc1cc([N+](=O)[O-])c(C(=O)N2CCc3cc(S(=O)(=O)N(CC)CC)ccc32)cc1OC. The van der Waals surface area contributed by atoms with E-state index in [1.807, 2.05) is 0 Å². The molecule has 0 N–H and O–H groups in total. The predicted octanol–water partition coefficient (Wildman–Crippen LogP) is 3.24. The molecule has 10 nitrogen and oxygen atoms in total. The molecule has 33 heavy (non-hydrogen) atoms. The monoisotopic (exact) mass is 477 g/mol. The average molecular weight is 478 g/mol. The highest BCUT2D eigenvalue weighted by atomic mass is 32.2. The highest BCUT2D eigenvalue weighted by molar-refractivity contribution is 7.89. The molecule has 0 aromatic heterocycles. The van der Waals surface area contributed by atoms with Gasteiger partial charge >= 0.3 is 0 Å². The maximum Gasteiger partial charge on any atom is 0.286 e. The van der Waals surface area contributed by atoms with Gasteiger partial charge in [-0.2, -0.15) is 4.31 Å². The van der Waals surface area contributed by atoms with Gasteiger partial charge in [-0.15, -0.1) is 0 Å². The van der Waals surface area contributed by atoms with Crippen molar-refractivity contribution in [3.8, 4) is 11.5 Å². The van der Waals surface area contributed by atoms with Gasteiger partial charge in [0.1, 0.15) is 5.56 Å². The summed E-state index contributed by atoms with van der Waals surface area (Å²) in [7, 11) is -2.25. The van der Waals surface area contributed by atoms with E-state index in [0.717, 1.165) is 0 Å². The molecule has 2 aromatic rings. The molecule has 1 aliphatic heterocycles. The third-order valence-corrected chi connectivity index (χ3v) is 7.59. The summed E-state index contributed by atoms with van der Waals surface area (Å²) in [4.78, 5) is 26.0. The summed E-state index contributed by atoms with van der Waals surface area (Å²) in [5.74, 6) is -0.177. The van der Waals surface area contributed by atoms with Gasteiger partial charge in [0.25, 0.3) is 11.6 Å². The van der Waals surface area contributed by atoms with Crippen LogP contribution < -0.4 is 14.4 Å². The minimum atomic E-state index is -3.64. The number of nitro benzene ring substituents is 1. The number of fused-ring (bicyclic) bond motifs is 1. The van der Waals surface area contributed by atoms with Crippen LogP contribution in [0.15, 0.2) is 35.2 Å². The van der Waals surface area contributed by atoms with Crippen molar-refractivity contribution in [2.24, 2.45) is 0 Å². The van der Waals surface area contributed by atoms with E-state index in [1.165, 1.54) is 34.5 Å². The second kappa shape index (κ2) is 9.75. The first-order valence-electron chi connectivity index (χ1n) is 10.6. The molecule has 0 aliphatic carbocycles. The van der Waals surface area contributed by atoms with E-state index >= 15 is 0 Å². The van der Waals surface area contributed by atoms with Gasteiger partial charge in [0.2, 0.25) is 10.0 Å². The number of carbonyl (C=O) groups excluding carboxylic acids is 1. The zero-order valence-electron chi connectivity index (χ0n) is 19.0. The fourth-order valence-electron chi connectivity index (χ4n) is 3.91. The number of sulfonamides is 1. The molecule has 0 atom stereocenters. The van der Waals surface area contributed by atoms with Crippen molar-refractivity contribution < 1.29 is 27.6 Å². The average Bonchev–Trinajstić information content (AvgIpc) is 3.22. The van der Waals surface area contributed by atoms with Crippen molar-refractivity contribution in [3.05, 3.63) is 51.6 Å². The van der Waals surface area contributed by atoms with Gasteiger partial charge in [0.15, 0.2) is 11.5 Å². The van der Waals surface area contributed by atoms with Crippen molar-refractivity contribution in [2.75, 3.05) is 38.3 Å². The van der Waals surface area contributed by atoms with E-state index in [4.69, 9.17) is 9.47 Å². The first kappa shape index (κ1) is 24.5. The summed E-state index contributed by atoms with van der Waals surface area (Å²) in [6.45, 7) is 6.53. The lowest BCUT2D eigenvalue weighted by atomic mass is 10.1. The molecular weight excluding hydrogens is 450 g/mol. The van der Waals surface area contributed by atoms with Gasteiger partial charge in [-0.3, -0.25) is 14.9 Å². The lowest BCUT2D eigenvalue weighted by molar-refractivity contribution is -0.385. The third kappa shape index (κ3) is 4.51. The maximum atomic E-state index is 13.4. The smallest absolute Gasteiger partial charge is 0.286 e. The van der Waals surface area contributed by atoms with E-state index in [1.54, 1.807) is 32.9 Å². The fraction of sp³-hybridized carbons (Fsp3) is 0.409. The van der Waals surface area contributed by atoms with Crippen LogP contribution in [0.5, 0.6) is 11.5 Å². The Hall–Kier alpha value is -3.18. The molecule has 0 spiro atoms. The Kier molecular flexibility index (Phi) is 7.23. The fourth-order valence-corrected chi connectivity index (χ4v) is 5.42. The van der Waals surface area contributed by atoms with Crippen LogP contribution in [-0.2, 0) is 16.4 Å². The van der Waals surface area contributed by atoms with Crippen LogP contribution >= 0.6 is 0 Å². The Balaban J connectivity index is 2.01. The Bertz CT molecular complexity index is 1180. The van der Waals surface area contributed by atoms with Gasteiger partial charge in [0, 0.05) is 31.4 Å². The van der Waals surface area contributed by atoms with Crippen LogP contribution in [0.4, 0.5) is 11.4 Å². The number of ether oxygens (including phenoxy) is 2. The molecule has 0 saturated carbocycles. The Morgan fingerprint density at radius 1 is 1.15 bits per heavy atom. The zero-order chi connectivity index (χ0) is 24.3. The highest BCUT2D eigenvalue weighted by Gasteiger charge is 2.33. The van der Waals surface area contributed by atoms with Gasteiger partial charge in [-0.05, 0) is 37.1 Å². The third-order valence-electron chi connectivity index (χ3n) is 5.54. The Morgan fingerprint density at radius 2 is 1.85 bits per heavy atom. The topological polar surface area (TPSA) is 119 Å². The number of rotatable bonds is 9. The van der Waals surface area contributed by atoms with Crippen LogP contribution in [0.3, 0.4) is 0 Å². The number of anilines is 1. The summed E-state index contributed by atoms with van der Waals surface area (Å²) in [6.07, 6.45) is 0.435. The zero-order valence-corrected chi connectivity index (χ0v) is 19.8. The molecule has 2 aromatic carbocycles.